The van der Waals surface area contributed by atoms with Gasteiger partial charge in [0, 0.05) is 12.6 Å². The van der Waals surface area contributed by atoms with Crippen molar-refractivity contribution in [2.24, 2.45) is 5.73 Å². The fourth-order valence-corrected chi connectivity index (χ4v) is 1.42. The molecule has 16 heavy (non-hydrogen) atoms. The van der Waals surface area contributed by atoms with Crippen molar-refractivity contribution in [1.29, 1.82) is 0 Å². The van der Waals surface area contributed by atoms with Gasteiger partial charge in [-0.05, 0) is 18.9 Å². The van der Waals surface area contributed by atoms with E-state index in [4.69, 9.17) is 5.73 Å². The number of nitrogens with one attached hydrogen (secondary N) is 1. The number of rotatable bonds is 5. The Kier molecular flexibility index (Phi) is 4.99. The van der Waals surface area contributed by atoms with Gasteiger partial charge in [0.25, 0.3) is 0 Å². The Hall–Kier alpha value is -1.35. The van der Waals surface area contributed by atoms with E-state index in [-0.39, 0.29) is 17.9 Å². The van der Waals surface area contributed by atoms with Crippen molar-refractivity contribution in [2.45, 2.75) is 32.2 Å². The van der Waals surface area contributed by atoms with E-state index in [0.29, 0.717) is 6.54 Å². The van der Waals surface area contributed by atoms with Crippen LogP contribution in [0.25, 0.3) is 0 Å². The van der Waals surface area contributed by atoms with Crippen LogP contribution in [0.4, 0.5) is 0 Å². The molecule has 0 aliphatic carbocycles. The number of nitrogens with two attached hydrogens (primary N) is 1. The summed E-state index contributed by atoms with van der Waals surface area (Å²) in [6, 6.07) is 9.80. The highest BCUT2D eigenvalue weighted by Crippen LogP contribution is 2.14. The van der Waals surface area contributed by atoms with Crippen LogP contribution in [0.3, 0.4) is 0 Å². The van der Waals surface area contributed by atoms with Crippen LogP contribution in [0.5, 0.6) is 0 Å². The quantitative estimate of drug-likeness (QED) is 0.792. The number of amides is 1. The lowest BCUT2D eigenvalue weighted by Gasteiger charge is -2.14. The predicted molar refractivity (Wildman–Crippen MR) is 66.1 cm³/mol. The van der Waals surface area contributed by atoms with Gasteiger partial charge in [0.1, 0.15) is 0 Å². The van der Waals surface area contributed by atoms with E-state index in [0.717, 1.165) is 12.0 Å². The molecular formula is C13H20N2O. The molecule has 1 rings (SSSR count). The van der Waals surface area contributed by atoms with Crippen molar-refractivity contribution < 1.29 is 4.79 Å². The molecular weight excluding hydrogens is 200 g/mol. The second-order valence-electron chi connectivity index (χ2n) is 4.05. The molecule has 0 aliphatic heterocycles. The molecule has 0 saturated carbocycles. The average molecular weight is 220 g/mol. The van der Waals surface area contributed by atoms with Crippen LogP contribution in [0.2, 0.25) is 0 Å². The molecule has 3 nitrogen and oxygen atoms in total. The summed E-state index contributed by atoms with van der Waals surface area (Å²) < 4.78 is 0. The summed E-state index contributed by atoms with van der Waals surface area (Å²) in [6.07, 6.45) is 0.875. The zero-order chi connectivity index (χ0) is 12.0. The third-order valence-corrected chi connectivity index (χ3v) is 2.76. The van der Waals surface area contributed by atoms with E-state index in [1.807, 2.05) is 44.2 Å². The maximum atomic E-state index is 11.8. The summed E-state index contributed by atoms with van der Waals surface area (Å²) >= 11 is 0. The van der Waals surface area contributed by atoms with Crippen molar-refractivity contribution in [3.63, 3.8) is 0 Å². The molecule has 0 aliphatic rings. The van der Waals surface area contributed by atoms with Crippen LogP contribution in [0, 0.1) is 0 Å². The van der Waals surface area contributed by atoms with Gasteiger partial charge in [0.05, 0.1) is 5.92 Å². The van der Waals surface area contributed by atoms with E-state index in [1.54, 1.807) is 0 Å². The molecule has 3 N–H and O–H groups in total. The lowest BCUT2D eigenvalue weighted by Crippen LogP contribution is -2.38. The highest BCUT2D eigenvalue weighted by molar-refractivity contribution is 5.83. The summed E-state index contributed by atoms with van der Waals surface area (Å²) in [5.41, 5.74) is 6.78. The third kappa shape index (κ3) is 3.66. The largest absolute Gasteiger partial charge is 0.354 e. The van der Waals surface area contributed by atoms with Gasteiger partial charge >= 0.3 is 0 Å². The minimum absolute atomic E-state index is 0.0371. The molecule has 1 aromatic carbocycles. The summed E-state index contributed by atoms with van der Waals surface area (Å²) in [7, 11) is 0. The van der Waals surface area contributed by atoms with Crippen LogP contribution in [-0.2, 0) is 4.79 Å². The molecule has 0 spiro atoms. The summed E-state index contributed by atoms with van der Waals surface area (Å²) in [6.45, 7) is 4.46. The van der Waals surface area contributed by atoms with Crippen LogP contribution in [0.1, 0.15) is 31.7 Å². The van der Waals surface area contributed by atoms with Crippen molar-refractivity contribution in [3.8, 4) is 0 Å². The normalized spacial score (nSPS) is 14.2. The molecule has 0 radical (unpaired) electrons. The molecule has 88 valence electrons. The van der Waals surface area contributed by atoms with Crippen LogP contribution >= 0.6 is 0 Å². The van der Waals surface area contributed by atoms with Gasteiger partial charge < -0.3 is 11.1 Å². The highest BCUT2D eigenvalue weighted by Gasteiger charge is 2.14. The fraction of sp³-hybridized carbons (Fsp3) is 0.462. The second-order valence-corrected chi connectivity index (χ2v) is 4.05. The maximum Gasteiger partial charge on any atom is 0.227 e. The van der Waals surface area contributed by atoms with E-state index in [2.05, 4.69) is 5.32 Å². The first-order chi connectivity index (χ1) is 7.65. The van der Waals surface area contributed by atoms with E-state index in [9.17, 15) is 4.79 Å². The topological polar surface area (TPSA) is 55.1 Å². The lowest BCUT2D eigenvalue weighted by atomic mass is 10.0. The van der Waals surface area contributed by atoms with Gasteiger partial charge in [-0.1, -0.05) is 37.3 Å². The Morgan fingerprint density at radius 2 is 2.00 bits per heavy atom. The average Bonchev–Trinajstić information content (AvgIpc) is 2.35. The van der Waals surface area contributed by atoms with Gasteiger partial charge in [-0.2, -0.15) is 0 Å². The highest BCUT2D eigenvalue weighted by atomic mass is 16.1. The zero-order valence-corrected chi connectivity index (χ0v) is 9.94. The van der Waals surface area contributed by atoms with Crippen LogP contribution < -0.4 is 11.1 Å². The Bertz CT molecular complexity index is 324. The predicted octanol–water partition coefficient (Wildman–Crippen LogP) is 1.64. The molecule has 0 fully saturated rings. The molecule has 3 heteroatoms. The monoisotopic (exact) mass is 220 g/mol. The Balaban J connectivity index is 2.49. The minimum Gasteiger partial charge on any atom is -0.354 e. The number of carbonyl (C=O) groups excluding carboxylic acids is 1. The van der Waals surface area contributed by atoms with Crippen molar-refractivity contribution >= 4 is 5.91 Å². The molecule has 0 heterocycles. The molecule has 2 atom stereocenters. The molecule has 0 saturated heterocycles. The molecule has 1 amide bonds. The van der Waals surface area contributed by atoms with Crippen LogP contribution in [0.15, 0.2) is 30.3 Å². The van der Waals surface area contributed by atoms with Gasteiger partial charge in [-0.25, -0.2) is 0 Å². The summed E-state index contributed by atoms with van der Waals surface area (Å²) in [4.78, 5) is 11.8. The van der Waals surface area contributed by atoms with Crippen molar-refractivity contribution in [1.82, 2.24) is 5.32 Å². The van der Waals surface area contributed by atoms with E-state index < -0.39 is 0 Å². The lowest BCUT2D eigenvalue weighted by molar-refractivity contribution is -0.122. The number of hydrogen-bond donors (Lipinski definition) is 2. The first-order valence-electron chi connectivity index (χ1n) is 5.73. The third-order valence-electron chi connectivity index (χ3n) is 2.76. The number of hydrogen-bond acceptors (Lipinski definition) is 2. The first kappa shape index (κ1) is 12.7. The number of carbonyl (C=O) groups is 1. The minimum atomic E-state index is -0.120. The maximum absolute atomic E-state index is 11.8. The van der Waals surface area contributed by atoms with Crippen molar-refractivity contribution in [3.05, 3.63) is 35.9 Å². The molecule has 0 aromatic heterocycles. The smallest absolute Gasteiger partial charge is 0.227 e. The van der Waals surface area contributed by atoms with Crippen molar-refractivity contribution in [2.75, 3.05) is 6.54 Å². The second kappa shape index (κ2) is 6.28. The molecule has 1 aromatic rings. The summed E-state index contributed by atoms with van der Waals surface area (Å²) in [5.74, 6) is -0.0830. The molecule has 0 bridgehead atoms. The fourth-order valence-electron chi connectivity index (χ4n) is 1.42. The van der Waals surface area contributed by atoms with E-state index in [1.165, 1.54) is 0 Å². The Morgan fingerprint density at radius 3 is 2.56 bits per heavy atom. The number of benzene rings is 1. The Morgan fingerprint density at radius 1 is 1.38 bits per heavy atom. The van der Waals surface area contributed by atoms with E-state index >= 15 is 0 Å². The SMILES string of the molecule is CCC(N)CNC(=O)C(C)c1ccccc1. The zero-order valence-electron chi connectivity index (χ0n) is 9.94. The summed E-state index contributed by atoms with van der Waals surface area (Å²) in [5, 5.41) is 2.87. The van der Waals surface area contributed by atoms with Gasteiger partial charge in [-0.15, -0.1) is 0 Å². The van der Waals surface area contributed by atoms with Gasteiger partial charge in [0.2, 0.25) is 5.91 Å². The molecule has 2 unspecified atom stereocenters. The van der Waals surface area contributed by atoms with Gasteiger partial charge in [-0.3, -0.25) is 4.79 Å². The first-order valence-corrected chi connectivity index (χ1v) is 5.73. The van der Waals surface area contributed by atoms with Gasteiger partial charge in [0.15, 0.2) is 0 Å². The standard InChI is InChI=1S/C13H20N2O/c1-3-12(14)9-15-13(16)10(2)11-7-5-4-6-8-11/h4-8,10,12H,3,9,14H2,1-2H3,(H,15,16). The Labute approximate surface area is 97.0 Å². The van der Waals surface area contributed by atoms with Crippen LogP contribution in [-0.4, -0.2) is 18.5 Å².